The first-order valence-corrected chi connectivity index (χ1v) is 13.7. The maximum Gasteiger partial charge on any atom is 0.292 e. The largest absolute Gasteiger partial charge is 0.486 e. The highest BCUT2D eigenvalue weighted by molar-refractivity contribution is 6.42. The second-order valence-electron chi connectivity index (χ2n) is 10.5. The molecule has 9 nitrogen and oxygen atoms in total. The van der Waals surface area contributed by atoms with E-state index in [2.05, 4.69) is 15.3 Å². The Morgan fingerprint density at radius 1 is 1.02 bits per heavy atom. The van der Waals surface area contributed by atoms with Crippen LogP contribution in [-0.2, 0) is 11.8 Å². The molecule has 0 radical (unpaired) electrons. The summed E-state index contributed by atoms with van der Waals surface area (Å²) < 4.78 is 27.4. The molecule has 2 aliphatic heterocycles. The molecule has 0 spiro atoms. The molecular formula is C31H31FN4O5. The van der Waals surface area contributed by atoms with Gasteiger partial charge < -0.3 is 24.8 Å². The lowest BCUT2D eigenvalue weighted by atomic mass is 9.99. The maximum absolute atomic E-state index is 14.7. The van der Waals surface area contributed by atoms with E-state index in [1.165, 1.54) is 12.1 Å². The number of benzene rings is 3. The number of halogens is 1. The van der Waals surface area contributed by atoms with Crippen molar-refractivity contribution in [3.8, 4) is 22.6 Å². The summed E-state index contributed by atoms with van der Waals surface area (Å²) in [6.45, 7) is 2.45. The summed E-state index contributed by atoms with van der Waals surface area (Å²) in [6.07, 6.45) is 2.54. The van der Waals surface area contributed by atoms with Crippen LogP contribution in [0.25, 0.3) is 22.0 Å². The minimum Gasteiger partial charge on any atom is -0.486 e. The van der Waals surface area contributed by atoms with Crippen LogP contribution in [0.4, 0.5) is 4.39 Å². The molecule has 3 heterocycles. The molecule has 1 amide bonds. The van der Waals surface area contributed by atoms with Crippen molar-refractivity contribution in [1.82, 2.24) is 20.0 Å². The number of aliphatic hydroxyl groups excluding tert-OH is 1. The number of fused-ring (bicyclic) bond motifs is 2. The lowest BCUT2D eigenvalue weighted by Crippen LogP contribution is -2.48. The number of nitrogens with one attached hydrogen (secondary N) is 1. The number of ether oxygens (including phenoxy) is 2. The van der Waals surface area contributed by atoms with Crippen molar-refractivity contribution in [2.45, 2.75) is 25.0 Å². The Bertz CT molecular complexity index is 1600. The summed E-state index contributed by atoms with van der Waals surface area (Å²) in [5.74, 6) is -2.00. The average molecular weight is 559 g/mol. The zero-order chi connectivity index (χ0) is 28.5. The number of ketones is 1. The molecule has 2 aliphatic rings. The molecular weight excluding hydrogens is 527 g/mol. The zero-order valence-corrected chi connectivity index (χ0v) is 22.7. The molecule has 2 atom stereocenters. The standard InChI is InChI=1S/C31H31FN4O5/c1-35-26-9-8-21(14-23(26)17-33-35)19-4-6-20(7-5-19)29(38)31(39)34-25(18-36-10-2-3-11-36)28(37)22-15-24(32)30-27(16-22)40-12-13-41-30/h4-9,14-17,25,28,37H,2-3,10-13,18H2,1H3,(H,34,39). The van der Waals surface area contributed by atoms with Gasteiger partial charge in [-0.15, -0.1) is 0 Å². The predicted octanol–water partition coefficient (Wildman–Crippen LogP) is 3.65. The Balaban J connectivity index is 1.19. The first kappa shape index (κ1) is 26.9. The summed E-state index contributed by atoms with van der Waals surface area (Å²) in [6, 6.07) is 14.7. The van der Waals surface area contributed by atoms with Crippen molar-refractivity contribution >= 4 is 22.6 Å². The number of aliphatic hydroxyl groups is 1. The molecule has 2 N–H and O–H groups in total. The van der Waals surface area contributed by atoms with Crippen LogP contribution in [0.5, 0.6) is 11.5 Å². The van der Waals surface area contributed by atoms with E-state index in [1.807, 2.05) is 25.2 Å². The van der Waals surface area contributed by atoms with Gasteiger partial charge in [-0.1, -0.05) is 30.3 Å². The quantitative estimate of drug-likeness (QED) is 0.251. The van der Waals surface area contributed by atoms with Crippen molar-refractivity contribution in [2.75, 3.05) is 32.8 Å². The molecule has 0 saturated carbocycles. The van der Waals surface area contributed by atoms with E-state index in [1.54, 1.807) is 35.1 Å². The summed E-state index contributed by atoms with van der Waals surface area (Å²) in [4.78, 5) is 28.4. The van der Waals surface area contributed by atoms with Gasteiger partial charge in [-0.3, -0.25) is 14.3 Å². The maximum atomic E-state index is 14.7. The van der Waals surface area contributed by atoms with E-state index >= 15 is 0 Å². The van der Waals surface area contributed by atoms with Crippen LogP contribution in [-0.4, -0.2) is 70.4 Å². The van der Waals surface area contributed by atoms with Gasteiger partial charge in [0, 0.05) is 24.5 Å². The molecule has 3 aromatic carbocycles. The number of nitrogens with zero attached hydrogens (tertiary/aromatic N) is 3. The highest BCUT2D eigenvalue weighted by Gasteiger charge is 2.31. The fourth-order valence-electron chi connectivity index (χ4n) is 5.52. The number of carbonyl (C=O) groups is 2. The number of likely N-dealkylation sites (tertiary alicyclic amines) is 1. The third-order valence-electron chi connectivity index (χ3n) is 7.74. The fraction of sp³-hybridized carbons (Fsp3) is 0.323. The minimum atomic E-state index is -1.28. The Labute approximate surface area is 236 Å². The normalized spacial score (nSPS) is 16.5. The van der Waals surface area contributed by atoms with Gasteiger partial charge in [0.15, 0.2) is 17.3 Å². The van der Waals surface area contributed by atoms with Crippen LogP contribution in [0.3, 0.4) is 0 Å². The van der Waals surface area contributed by atoms with E-state index in [4.69, 9.17) is 9.47 Å². The summed E-state index contributed by atoms with van der Waals surface area (Å²) in [7, 11) is 1.89. The van der Waals surface area contributed by atoms with Gasteiger partial charge in [0.1, 0.15) is 19.3 Å². The van der Waals surface area contributed by atoms with Gasteiger partial charge in [-0.25, -0.2) is 4.39 Å². The summed E-state index contributed by atoms with van der Waals surface area (Å²) >= 11 is 0. The van der Waals surface area contributed by atoms with Gasteiger partial charge in [0.2, 0.25) is 5.78 Å². The van der Waals surface area contributed by atoms with Gasteiger partial charge in [0.25, 0.3) is 5.91 Å². The third-order valence-corrected chi connectivity index (χ3v) is 7.74. The third kappa shape index (κ3) is 5.53. The molecule has 1 fully saturated rings. The Hall–Kier alpha value is -4.28. The van der Waals surface area contributed by atoms with Crippen LogP contribution < -0.4 is 14.8 Å². The lowest BCUT2D eigenvalue weighted by molar-refractivity contribution is -0.118. The number of aromatic nitrogens is 2. The van der Waals surface area contributed by atoms with Crippen LogP contribution in [0, 0.1) is 5.82 Å². The Morgan fingerprint density at radius 2 is 1.76 bits per heavy atom. The monoisotopic (exact) mass is 558 g/mol. The molecule has 1 saturated heterocycles. The number of hydrogen-bond donors (Lipinski definition) is 2. The smallest absolute Gasteiger partial charge is 0.292 e. The van der Waals surface area contributed by atoms with Crippen molar-refractivity contribution in [1.29, 1.82) is 0 Å². The molecule has 41 heavy (non-hydrogen) atoms. The molecule has 4 aromatic rings. The topological polar surface area (TPSA) is 106 Å². The first-order chi connectivity index (χ1) is 19.9. The highest BCUT2D eigenvalue weighted by atomic mass is 19.1. The van der Waals surface area contributed by atoms with Gasteiger partial charge in [-0.05, 0) is 66.9 Å². The molecule has 1 aromatic heterocycles. The van der Waals surface area contributed by atoms with Crippen molar-refractivity contribution < 1.29 is 28.6 Å². The molecule has 2 unspecified atom stereocenters. The van der Waals surface area contributed by atoms with E-state index < -0.39 is 29.7 Å². The van der Waals surface area contributed by atoms with Gasteiger partial charge in [0.05, 0.1) is 17.8 Å². The van der Waals surface area contributed by atoms with Crippen molar-refractivity contribution in [2.24, 2.45) is 7.05 Å². The molecule has 212 valence electrons. The van der Waals surface area contributed by atoms with E-state index in [-0.39, 0.29) is 35.8 Å². The van der Waals surface area contributed by atoms with Gasteiger partial charge in [-0.2, -0.15) is 5.10 Å². The second-order valence-corrected chi connectivity index (χ2v) is 10.5. The number of amides is 1. The molecule has 0 aliphatic carbocycles. The molecule has 10 heteroatoms. The lowest BCUT2D eigenvalue weighted by Gasteiger charge is -2.29. The Kier molecular flexibility index (Phi) is 7.42. The van der Waals surface area contributed by atoms with Crippen molar-refractivity contribution in [3.63, 3.8) is 0 Å². The number of carbonyl (C=O) groups excluding carboxylic acids is 2. The van der Waals surface area contributed by atoms with Gasteiger partial charge >= 0.3 is 0 Å². The fourth-order valence-corrected chi connectivity index (χ4v) is 5.52. The zero-order valence-electron chi connectivity index (χ0n) is 22.7. The predicted molar refractivity (Wildman–Crippen MR) is 150 cm³/mol. The molecule has 6 rings (SSSR count). The van der Waals surface area contributed by atoms with Crippen molar-refractivity contribution in [3.05, 3.63) is 77.7 Å². The number of rotatable bonds is 8. The van der Waals surface area contributed by atoms with E-state index in [0.29, 0.717) is 6.54 Å². The second kappa shape index (κ2) is 11.3. The number of aryl methyl sites for hydroxylation is 1. The van der Waals surface area contributed by atoms with Crippen LogP contribution in [0.1, 0.15) is 34.9 Å². The number of Topliss-reactive ketones (excluding diaryl/α,β-unsaturated/α-hetero) is 1. The molecule has 0 bridgehead atoms. The highest BCUT2D eigenvalue weighted by Crippen LogP contribution is 2.36. The van der Waals surface area contributed by atoms with E-state index in [9.17, 15) is 19.1 Å². The number of hydrogen-bond acceptors (Lipinski definition) is 7. The minimum absolute atomic E-state index is 0.00584. The van der Waals surface area contributed by atoms with Crippen LogP contribution in [0.15, 0.2) is 60.8 Å². The first-order valence-electron chi connectivity index (χ1n) is 13.7. The Morgan fingerprint density at radius 3 is 2.54 bits per heavy atom. The van der Waals surface area contributed by atoms with E-state index in [0.717, 1.165) is 48.0 Å². The SMILES string of the molecule is Cn1ncc2cc(-c3ccc(C(=O)C(=O)NC(CN4CCCC4)C(O)c4cc(F)c5c(c4)OCCO5)cc3)ccc21. The van der Waals surface area contributed by atoms with Crippen LogP contribution in [0.2, 0.25) is 0 Å². The summed E-state index contributed by atoms with van der Waals surface area (Å²) in [5, 5.41) is 19.3. The summed E-state index contributed by atoms with van der Waals surface area (Å²) in [5.41, 5.74) is 3.35. The average Bonchev–Trinajstić information content (AvgIpc) is 3.65. The van der Waals surface area contributed by atoms with Crippen LogP contribution >= 0.6 is 0 Å².